The van der Waals surface area contributed by atoms with Crippen LogP contribution in [0.4, 0.5) is 0 Å². The van der Waals surface area contributed by atoms with E-state index < -0.39 is 0 Å². The van der Waals surface area contributed by atoms with Crippen molar-refractivity contribution >= 4 is 5.78 Å². The number of Topliss-reactive ketones (excluding diaryl/α,β-unsaturated/α-hetero) is 1. The quantitative estimate of drug-likeness (QED) is 0.594. The first-order chi connectivity index (χ1) is 8.84. The van der Waals surface area contributed by atoms with Crippen molar-refractivity contribution in [2.45, 2.75) is 51.4 Å². The van der Waals surface area contributed by atoms with Crippen molar-refractivity contribution in [2.24, 2.45) is 47.3 Å². The molecular weight excluding hydrogens is 220 g/mol. The Kier molecular flexibility index (Phi) is 1.98. The number of hydrogen-bond acceptors (Lipinski definition) is 1. The Balaban J connectivity index is 1.60. The predicted molar refractivity (Wildman–Crippen MR) is 69.9 cm³/mol. The standard InChI is InChI=1S/C17H24O/c18-17-11-3-1-2-4-12(17)14-8-13(11)15-9-5-6-10(7-9)16(14)15/h9-16H,1-8H2/t9-,10-,11-,12-,13+,14+,15-,16-/m0/s1. The summed E-state index contributed by atoms with van der Waals surface area (Å²) in [7, 11) is 0. The number of carbonyl (C=O) groups excluding carboxylic acids is 1. The van der Waals surface area contributed by atoms with Gasteiger partial charge in [-0.15, -0.1) is 0 Å². The van der Waals surface area contributed by atoms with Crippen LogP contribution in [0.5, 0.6) is 0 Å². The third-order valence-corrected chi connectivity index (χ3v) is 7.62. The van der Waals surface area contributed by atoms with Crippen LogP contribution in [0.1, 0.15) is 51.4 Å². The van der Waals surface area contributed by atoms with Crippen LogP contribution in [0.25, 0.3) is 0 Å². The second-order valence-corrected chi connectivity index (χ2v) is 7.95. The third kappa shape index (κ3) is 1.09. The van der Waals surface area contributed by atoms with E-state index in [1.54, 1.807) is 0 Å². The molecule has 5 saturated carbocycles. The number of ketones is 1. The lowest BCUT2D eigenvalue weighted by molar-refractivity contribution is -0.132. The molecule has 0 aromatic heterocycles. The first-order valence-corrected chi connectivity index (χ1v) is 8.38. The predicted octanol–water partition coefficient (Wildman–Crippen LogP) is 3.67. The van der Waals surface area contributed by atoms with Crippen molar-refractivity contribution in [2.75, 3.05) is 0 Å². The molecule has 5 aliphatic carbocycles. The van der Waals surface area contributed by atoms with E-state index in [-0.39, 0.29) is 0 Å². The fourth-order valence-electron chi connectivity index (χ4n) is 7.28. The number of fused-ring (bicyclic) bond motifs is 13. The molecule has 0 N–H and O–H groups in total. The van der Waals surface area contributed by atoms with E-state index in [2.05, 4.69) is 0 Å². The average Bonchev–Trinajstić information content (AvgIpc) is 3.03. The maximum absolute atomic E-state index is 12.8. The second kappa shape index (κ2) is 3.41. The summed E-state index contributed by atoms with van der Waals surface area (Å²) in [6, 6.07) is 0. The van der Waals surface area contributed by atoms with Gasteiger partial charge in [-0.2, -0.15) is 0 Å². The van der Waals surface area contributed by atoms with Crippen molar-refractivity contribution in [1.29, 1.82) is 0 Å². The highest BCUT2D eigenvalue weighted by Crippen LogP contribution is 2.68. The fourth-order valence-corrected chi connectivity index (χ4v) is 7.28. The maximum atomic E-state index is 12.8. The van der Waals surface area contributed by atoms with Gasteiger partial charge in [-0.25, -0.2) is 0 Å². The summed E-state index contributed by atoms with van der Waals surface area (Å²) in [6.45, 7) is 0. The molecule has 8 atom stereocenters. The van der Waals surface area contributed by atoms with Crippen molar-refractivity contribution in [3.63, 3.8) is 0 Å². The highest BCUT2D eigenvalue weighted by atomic mass is 16.1. The van der Waals surface area contributed by atoms with Crippen LogP contribution in [-0.4, -0.2) is 5.78 Å². The van der Waals surface area contributed by atoms with Gasteiger partial charge in [-0.05, 0) is 74.0 Å². The normalized spacial score (nSPS) is 60.8. The summed E-state index contributed by atoms with van der Waals surface area (Å²) in [5.74, 6) is 7.44. The van der Waals surface area contributed by atoms with E-state index in [4.69, 9.17) is 0 Å². The lowest BCUT2D eigenvalue weighted by Crippen LogP contribution is -2.37. The van der Waals surface area contributed by atoms with E-state index >= 15 is 0 Å². The SMILES string of the molecule is O=C1[C@H]2CCCC[C@H]1[C@H]1C[C@H]2[C@@H]2[C@H]3CC[C@@H](C3)[C@@H]12. The molecule has 0 aliphatic heterocycles. The molecule has 0 aromatic carbocycles. The van der Waals surface area contributed by atoms with Crippen molar-refractivity contribution < 1.29 is 4.79 Å². The number of rotatable bonds is 0. The number of hydrogen-bond donors (Lipinski definition) is 0. The average molecular weight is 244 g/mol. The summed E-state index contributed by atoms with van der Waals surface area (Å²) in [4.78, 5) is 12.8. The van der Waals surface area contributed by atoms with Gasteiger partial charge in [0, 0.05) is 11.8 Å². The van der Waals surface area contributed by atoms with Gasteiger partial charge in [0.1, 0.15) is 5.78 Å². The lowest BCUT2D eigenvalue weighted by Gasteiger charge is -2.34. The van der Waals surface area contributed by atoms with Gasteiger partial charge in [0.2, 0.25) is 0 Å². The molecule has 98 valence electrons. The largest absolute Gasteiger partial charge is 0.299 e. The Morgan fingerprint density at radius 2 is 1.28 bits per heavy atom. The Morgan fingerprint density at radius 3 is 1.83 bits per heavy atom. The summed E-state index contributed by atoms with van der Waals surface area (Å²) in [6.07, 6.45) is 11.1. The van der Waals surface area contributed by atoms with Crippen LogP contribution in [0.3, 0.4) is 0 Å². The minimum absolute atomic E-state index is 0.503. The number of carbonyl (C=O) groups is 1. The summed E-state index contributed by atoms with van der Waals surface area (Å²) >= 11 is 0. The second-order valence-electron chi connectivity index (χ2n) is 7.95. The van der Waals surface area contributed by atoms with Crippen LogP contribution >= 0.6 is 0 Å². The van der Waals surface area contributed by atoms with Gasteiger partial charge in [-0.1, -0.05) is 12.8 Å². The van der Waals surface area contributed by atoms with Crippen molar-refractivity contribution in [1.82, 2.24) is 0 Å². The Bertz CT molecular complexity index is 366. The zero-order chi connectivity index (χ0) is 11.9. The smallest absolute Gasteiger partial charge is 0.139 e. The molecule has 0 aromatic rings. The molecule has 6 bridgehead atoms. The van der Waals surface area contributed by atoms with E-state index in [1.807, 2.05) is 0 Å². The zero-order valence-electron chi connectivity index (χ0n) is 11.2. The van der Waals surface area contributed by atoms with Gasteiger partial charge in [-0.3, -0.25) is 4.79 Å². The Labute approximate surface area is 110 Å². The van der Waals surface area contributed by atoms with Gasteiger partial charge in [0.05, 0.1) is 0 Å². The molecule has 0 spiro atoms. The fraction of sp³-hybridized carbons (Fsp3) is 0.941. The monoisotopic (exact) mass is 244 g/mol. The third-order valence-electron chi connectivity index (χ3n) is 7.62. The van der Waals surface area contributed by atoms with E-state index in [0.29, 0.717) is 11.8 Å². The molecule has 18 heavy (non-hydrogen) atoms. The van der Waals surface area contributed by atoms with Crippen LogP contribution in [-0.2, 0) is 4.79 Å². The van der Waals surface area contributed by atoms with Crippen molar-refractivity contribution in [3.8, 4) is 0 Å². The molecule has 0 amide bonds. The van der Waals surface area contributed by atoms with E-state index in [9.17, 15) is 4.79 Å². The first kappa shape index (κ1) is 10.5. The molecule has 5 rings (SSSR count). The van der Waals surface area contributed by atoms with Crippen molar-refractivity contribution in [3.05, 3.63) is 0 Å². The summed E-state index contributed by atoms with van der Waals surface area (Å²) in [5, 5.41) is 0. The van der Waals surface area contributed by atoms with E-state index in [1.165, 1.54) is 51.4 Å². The van der Waals surface area contributed by atoms with Gasteiger partial charge >= 0.3 is 0 Å². The topological polar surface area (TPSA) is 17.1 Å². The molecule has 5 aliphatic rings. The minimum Gasteiger partial charge on any atom is -0.299 e. The summed E-state index contributed by atoms with van der Waals surface area (Å²) in [5.41, 5.74) is 0. The minimum atomic E-state index is 0.503. The molecule has 0 unspecified atom stereocenters. The molecule has 0 heterocycles. The molecule has 0 radical (unpaired) electrons. The van der Waals surface area contributed by atoms with Gasteiger partial charge in [0.15, 0.2) is 0 Å². The summed E-state index contributed by atoms with van der Waals surface area (Å²) < 4.78 is 0. The highest BCUT2D eigenvalue weighted by Gasteiger charge is 2.64. The highest BCUT2D eigenvalue weighted by molar-refractivity contribution is 5.85. The van der Waals surface area contributed by atoms with Crippen LogP contribution in [0.2, 0.25) is 0 Å². The molecule has 5 fully saturated rings. The van der Waals surface area contributed by atoms with Crippen LogP contribution in [0, 0.1) is 47.3 Å². The molecule has 1 nitrogen and oxygen atoms in total. The first-order valence-electron chi connectivity index (χ1n) is 8.38. The van der Waals surface area contributed by atoms with Gasteiger partial charge < -0.3 is 0 Å². The molecule has 0 saturated heterocycles. The molecule has 1 heteroatoms. The maximum Gasteiger partial charge on any atom is 0.139 e. The van der Waals surface area contributed by atoms with E-state index in [0.717, 1.165) is 41.3 Å². The molecular formula is C17H24O. The zero-order valence-corrected chi connectivity index (χ0v) is 11.2. The van der Waals surface area contributed by atoms with Gasteiger partial charge in [0.25, 0.3) is 0 Å². The van der Waals surface area contributed by atoms with Crippen LogP contribution < -0.4 is 0 Å². The Hall–Kier alpha value is -0.330. The Morgan fingerprint density at radius 1 is 0.722 bits per heavy atom. The van der Waals surface area contributed by atoms with Crippen LogP contribution in [0.15, 0.2) is 0 Å². The lowest BCUT2D eigenvalue weighted by atomic mass is 9.69.